The van der Waals surface area contributed by atoms with Crippen molar-refractivity contribution >= 4 is 33.8 Å². The Morgan fingerprint density at radius 1 is 1.00 bits per heavy atom. The average molecular weight is 511 g/mol. The van der Waals surface area contributed by atoms with Gasteiger partial charge in [-0.05, 0) is 36.2 Å². The fourth-order valence-electron chi connectivity index (χ4n) is 4.66. The third kappa shape index (κ3) is 5.26. The minimum Gasteiger partial charge on any atom is -0.459 e. The van der Waals surface area contributed by atoms with E-state index < -0.39 is 24.1 Å². The predicted molar refractivity (Wildman–Crippen MR) is 146 cm³/mol. The Hall–Kier alpha value is -4.56. The number of H-pyrrole nitrogens is 1. The summed E-state index contributed by atoms with van der Waals surface area (Å²) in [6.45, 7) is 1.39. The number of aliphatic hydroxyl groups excluding tert-OH is 1. The second-order valence-electron chi connectivity index (χ2n) is 9.44. The lowest BCUT2D eigenvalue weighted by molar-refractivity contribution is -0.129. The van der Waals surface area contributed by atoms with Crippen molar-refractivity contribution in [3.63, 3.8) is 0 Å². The summed E-state index contributed by atoms with van der Waals surface area (Å²) in [5, 5.41) is 21.0. The lowest BCUT2D eigenvalue weighted by Gasteiger charge is -2.33. The van der Waals surface area contributed by atoms with Crippen LogP contribution in [0, 0.1) is 0 Å². The number of amides is 3. The molecule has 0 saturated heterocycles. The summed E-state index contributed by atoms with van der Waals surface area (Å²) in [7, 11) is 0. The first-order valence-electron chi connectivity index (χ1n) is 12.5. The maximum absolute atomic E-state index is 13.7. The number of urea groups is 1. The highest BCUT2D eigenvalue weighted by atomic mass is 16.3. The number of aromatic amines is 1. The van der Waals surface area contributed by atoms with Gasteiger partial charge in [0.15, 0.2) is 0 Å². The molecule has 2 unspecified atom stereocenters. The van der Waals surface area contributed by atoms with Crippen molar-refractivity contribution in [2.45, 2.75) is 31.5 Å². The van der Waals surface area contributed by atoms with Gasteiger partial charge in [-0.15, -0.1) is 0 Å². The van der Waals surface area contributed by atoms with Gasteiger partial charge in [-0.1, -0.05) is 66.7 Å². The topological polar surface area (TPSA) is 119 Å². The fourth-order valence-corrected chi connectivity index (χ4v) is 4.66. The number of para-hydroxylation sites is 2. The molecule has 2 heterocycles. The van der Waals surface area contributed by atoms with E-state index in [1.54, 1.807) is 6.20 Å². The quantitative estimate of drug-likeness (QED) is 0.200. The summed E-state index contributed by atoms with van der Waals surface area (Å²) < 4.78 is 5.78. The maximum atomic E-state index is 13.7. The van der Waals surface area contributed by atoms with E-state index in [0.717, 1.165) is 33.0 Å². The van der Waals surface area contributed by atoms with Crippen LogP contribution in [-0.2, 0) is 17.8 Å². The molecule has 5 N–H and O–H groups in total. The van der Waals surface area contributed by atoms with Crippen molar-refractivity contribution in [1.82, 2.24) is 20.9 Å². The normalized spacial score (nSPS) is 13.6. The standard InChI is InChI=1S/C30H30N4O4/c1-20(21-9-3-2-4-10-21)33-28(36)30(19-35,16-23-17-31-26-13-7-6-12-25(23)26)34-29(37)32-18-24-15-22-11-5-8-14-27(22)38-24/h2-15,17,20,31,35H,16,18-19H2,1H3,(H,33,36)(H2,32,34,37). The zero-order chi connectivity index (χ0) is 26.5. The Morgan fingerprint density at radius 3 is 2.53 bits per heavy atom. The molecule has 0 aliphatic carbocycles. The first-order chi connectivity index (χ1) is 18.5. The number of fused-ring (bicyclic) bond motifs is 2. The zero-order valence-electron chi connectivity index (χ0n) is 21.0. The monoisotopic (exact) mass is 510 g/mol. The molecule has 0 spiro atoms. The predicted octanol–water partition coefficient (Wildman–Crippen LogP) is 4.56. The number of benzene rings is 3. The van der Waals surface area contributed by atoms with Gasteiger partial charge in [0.25, 0.3) is 0 Å². The number of rotatable bonds is 9. The molecule has 0 fully saturated rings. The van der Waals surface area contributed by atoms with Gasteiger partial charge < -0.3 is 30.5 Å². The Bertz CT molecular complexity index is 1530. The van der Waals surface area contributed by atoms with Gasteiger partial charge >= 0.3 is 6.03 Å². The lowest BCUT2D eigenvalue weighted by Crippen LogP contribution is -2.64. The molecule has 2 atom stereocenters. The van der Waals surface area contributed by atoms with Crippen LogP contribution in [0.2, 0.25) is 0 Å². The number of furan rings is 1. The highest BCUT2D eigenvalue weighted by Gasteiger charge is 2.41. The van der Waals surface area contributed by atoms with E-state index in [2.05, 4.69) is 20.9 Å². The van der Waals surface area contributed by atoms with Crippen LogP contribution in [0.3, 0.4) is 0 Å². The third-order valence-corrected chi connectivity index (χ3v) is 6.77. The molecule has 8 nitrogen and oxygen atoms in total. The van der Waals surface area contributed by atoms with E-state index in [9.17, 15) is 14.7 Å². The maximum Gasteiger partial charge on any atom is 0.316 e. The first-order valence-corrected chi connectivity index (χ1v) is 12.5. The van der Waals surface area contributed by atoms with E-state index in [-0.39, 0.29) is 19.0 Å². The van der Waals surface area contributed by atoms with Gasteiger partial charge in [-0.2, -0.15) is 0 Å². The van der Waals surface area contributed by atoms with Gasteiger partial charge in [-0.25, -0.2) is 4.79 Å². The van der Waals surface area contributed by atoms with Crippen LogP contribution >= 0.6 is 0 Å². The van der Waals surface area contributed by atoms with Gasteiger partial charge in [0.05, 0.1) is 19.2 Å². The zero-order valence-corrected chi connectivity index (χ0v) is 21.0. The smallest absolute Gasteiger partial charge is 0.316 e. The van der Waals surface area contributed by atoms with Gasteiger partial charge in [-0.3, -0.25) is 4.79 Å². The molecule has 5 aromatic rings. The molecule has 5 rings (SSSR count). The summed E-state index contributed by atoms with van der Waals surface area (Å²) in [6, 6.07) is 25.7. The minimum absolute atomic E-state index is 0.0823. The summed E-state index contributed by atoms with van der Waals surface area (Å²) in [5.41, 5.74) is 1.72. The van der Waals surface area contributed by atoms with E-state index in [4.69, 9.17) is 4.42 Å². The van der Waals surface area contributed by atoms with Crippen molar-refractivity contribution < 1.29 is 19.1 Å². The largest absolute Gasteiger partial charge is 0.459 e. The molecule has 38 heavy (non-hydrogen) atoms. The molecule has 0 aliphatic heterocycles. The van der Waals surface area contributed by atoms with Crippen molar-refractivity contribution in [3.05, 3.63) is 108 Å². The summed E-state index contributed by atoms with van der Waals surface area (Å²) in [6.07, 6.45) is 1.88. The SMILES string of the molecule is CC(NC(=O)C(CO)(Cc1c[nH]c2ccccc12)NC(=O)NCc1cc2ccccc2o1)c1ccccc1. The van der Waals surface area contributed by atoms with Crippen molar-refractivity contribution in [2.75, 3.05) is 6.61 Å². The Kier molecular flexibility index (Phi) is 7.15. The van der Waals surface area contributed by atoms with Crippen LogP contribution in [0.4, 0.5) is 4.79 Å². The van der Waals surface area contributed by atoms with Gasteiger partial charge in [0, 0.05) is 28.9 Å². The molecular weight excluding hydrogens is 480 g/mol. The number of aliphatic hydroxyl groups is 1. The van der Waals surface area contributed by atoms with E-state index in [1.807, 2.05) is 91.9 Å². The fraction of sp³-hybridized carbons (Fsp3) is 0.200. The Morgan fingerprint density at radius 2 is 1.74 bits per heavy atom. The second kappa shape index (κ2) is 10.8. The molecule has 194 valence electrons. The van der Waals surface area contributed by atoms with Crippen molar-refractivity contribution in [2.24, 2.45) is 0 Å². The number of nitrogens with one attached hydrogen (secondary N) is 4. The van der Waals surface area contributed by atoms with Gasteiger partial charge in [0.2, 0.25) is 5.91 Å². The lowest BCUT2D eigenvalue weighted by atomic mass is 9.89. The number of hydrogen-bond acceptors (Lipinski definition) is 4. The summed E-state index contributed by atoms with van der Waals surface area (Å²) >= 11 is 0. The average Bonchev–Trinajstić information content (AvgIpc) is 3.55. The molecule has 0 aliphatic rings. The number of carbonyl (C=O) groups is 2. The molecule has 0 saturated carbocycles. The Balaban J connectivity index is 1.38. The number of carbonyl (C=O) groups excluding carboxylic acids is 2. The van der Waals surface area contributed by atoms with Crippen LogP contribution in [0.25, 0.3) is 21.9 Å². The first kappa shape index (κ1) is 25.1. The number of hydrogen-bond donors (Lipinski definition) is 5. The second-order valence-corrected chi connectivity index (χ2v) is 9.44. The van der Waals surface area contributed by atoms with E-state index >= 15 is 0 Å². The highest BCUT2D eigenvalue weighted by Crippen LogP contribution is 2.24. The molecule has 8 heteroatoms. The summed E-state index contributed by atoms with van der Waals surface area (Å²) in [4.78, 5) is 30.0. The highest BCUT2D eigenvalue weighted by molar-refractivity contribution is 5.93. The molecule has 3 aromatic carbocycles. The van der Waals surface area contributed by atoms with Crippen molar-refractivity contribution in [1.29, 1.82) is 0 Å². The van der Waals surface area contributed by atoms with Crippen LogP contribution in [0.5, 0.6) is 0 Å². The molecule has 3 amide bonds. The van der Waals surface area contributed by atoms with Crippen LogP contribution < -0.4 is 16.0 Å². The molecule has 0 radical (unpaired) electrons. The van der Waals surface area contributed by atoms with E-state index in [0.29, 0.717) is 5.76 Å². The molecular formula is C30H30N4O4. The van der Waals surface area contributed by atoms with Crippen molar-refractivity contribution in [3.8, 4) is 0 Å². The molecule has 0 bridgehead atoms. The minimum atomic E-state index is -1.62. The van der Waals surface area contributed by atoms with Crippen LogP contribution in [0.15, 0.2) is 95.5 Å². The van der Waals surface area contributed by atoms with Gasteiger partial charge in [0.1, 0.15) is 16.9 Å². The van der Waals surface area contributed by atoms with Crippen LogP contribution in [0.1, 0.15) is 29.9 Å². The summed E-state index contributed by atoms with van der Waals surface area (Å²) in [5.74, 6) is 0.0928. The van der Waals surface area contributed by atoms with Crippen LogP contribution in [-0.4, -0.2) is 34.2 Å². The van der Waals surface area contributed by atoms with E-state index in [1.165, 1.54) is 0 Å². The third-order valence-electron chi connectivity index (χ3n) is 6.77. The number of aromatic nitrogens is 1. The Labute approximate surface area is 220 Å². The molecule has 2 aromatic heterocycles.